The van der Waals surface area contributed by atoms with Crippen LogP contribution in [-0.4, -0.2) is 6.54 Å². The van der Waals surface area contributed by atoms with Gasteiger partial charge in [0.2, 0.25) is 0 Å². The van der Waals surface area contributed by atoms with Crippen molar-refractivity contribution < 1.29 is 0 Å². The third-order valence-electron chi connectivity index (χ3n) is 8.32. The molecule has 7 rings (SSSR count). The number of nitrogens with one attached hydrogen (secondary N) is 1. The third kappa shape index (κ3) is 2.87. The van der Waals surface area contributed by atoms with Crippen molar-refractivity contribution >= 4 is 0 Å². The average Bonchev–Trinajstić information content (AvgIpc) is 3.49. The van der Waals surface area contributed by atoms with E-state index in [1.807, 2.05) is 0 Å². The molecule has 1 heteroatoms. The van der Waals surface area contributed by atoms with Gasteiger partial charge in [0.05, 0.1) is 0 Å². The van der Waals surface area contributed by atoms with Crippen molar-refractivity contribution in [3.05, 3.63) is 34.9 Å². The number of hydrogen-bond acceptors (Lipinski definition) is 1. The van der Waals surface area contributed by atoms with Gasteiger partial charge >= 0.3 is 0 Å². The van der Waals surface area contributed by atoms with Crippen LogP contribution in [0.4, 0.5) is 0 Å². The Morgan fingerprint density at radius 2 is 1.40 bits per heavy atom. The molecule has 0 atom stereocenters. The Hall–Kier alpha value is -0.820. The number of benzene rings is 1. The highest BCUT2D eigenvalue weighted by Gasteiger charge is 2.47. The first-order valence-electron chi connectivity index (χ1n) is 11.2. The molecular formula is C24H33N. The van der Waals surface area contributed by atoms with E-state index in [0.29, 0.717) is 0 Å². The highest BCUT2D eigenvalue weighted by molar-refractivity contribution is 5.41. The summed E-state index contributed by atoms with van der Waals surface area (Å²) < 4.78 is 0. The van der Waals surface area contributed by atoms with Crippen LogP contribution in [-0.2, 0) is 6.54 Å². The van der Waals surface area contributed by atoms with Gasteiger partial charge in [0.1, 0.15) is 0 Å². The summed E-state index contributed by atoms with van der Waals surface area (Å²) in [5, 5.41) is 3.88. The molecule has 0 heterocycles. The molecule has 6 fully saturated rings. The molecule has 0 amide bonds. The van der Waals surface area contributed by atoms with Crippen molar-refractivity contribution in [3.63, 3.8) is 0 Å². The molecule has 0 saturated heterocycles. The molecule has 6 aliphatic carbocycles. The molecule has 0 aromatic heterocycles. The minimum absolute atomic E-state index is 0.903. The number of hydrogen-bond donors (Lipinski definition) is 1. The van der Waals surface area contributed by atoms with E-state index in [-0.39, 0.29) is 0 Å². The van der Waals surface area contributed by atoms with E-state index < -0.39 is 0 Å². The molecule has 0 radical (unpaired) electrons. The van der Waals surface area contributed by atoms with Gasteiger partial charge in [-0.05, 0) is 122 Å². The van der Waals surface area contributed by atoms with E-state index in [2.05, 4.69) is 23.5 Å². The highest BCUT2D eigenvalue weighted by atomic mass is 14.9. The van der Waals surface area contributed by atoms with Crippen molar-refractivity contribution in [2.75, 3.05) is 6.54 Å². The van der Waals surface area contributed by atoms with E-state index in [4.69, 9.17) is 0 Å². The first-order valence-corrected chi connectivity index (χ1v) is 11.2. The maximum absolute atomic E-state index is 3.88. The van der Waals surface area contributed by atoms with Crippen molar-refractivity contribution in [1.29, 1.82) is 0 Å². The van der Waals surface area contributed by atoms with Gasteiger partial charge in [-0.3, -0.25) is 0 Å². The molecule has 1 nitrogen and oxygen atoms in total. The molecule has 0 aliphatic heterocycles. The zero-order chi connectivity index (χ0) is 16.4. The van der Waals surface area contributed by atoms with Gasteiger partial charge in [-0.2, -0.15) is 0 Å². The minimum atomic E-state index is 0.903. The maximum atomic E-state index is 3.88. The largest absolute Gasteiger partial charge is 0.312 e. The maximum Gasteiger partial charge on any atom is 0.0205 e. The first kappa shape index (κ1) is 15.3. The van der Waals surface area contributed by atoms with Crippen LogP contribution in [0.15, 0.2) is 18.2 Å². The Kier molecular flexibility index (Phi) is 3.57. The van der Waals surface area contributed by atoms with Crippen LogP contribution in [0.25, 0.3) is 0 Å². The summed E-state index contributed by atoms with van der Waals surface area (Å²) in [4.78, 5) is 0. The van der Waals surface area contributed by atoms with Crippen LogP contribution in [0.2, 0.25) is 0 Å². The zero-order valence-electron chi connectivity index (χ0n) is 15.6. The van der Waals surface area contributed by atoms with Gasteiger partial charge in [0.25, 0.3) is 0 Å². The molecule has 1 aromatic rings. The van der Waals surface area contributed by atoms with Gasteiger partial charge in [-0.1, -0.05) is 18.2 Å². The molecule has 6 aliphatic rings. The van der Waals surface area contributed by atoms with Crippen LogP contribution in [0.5, 0.6) is 0 Å². The second-order valence-corrected chi connectivity index (χ2v) is 10.2. The summed E-state index contributed by atoms with van der Waals surface area (Å²) in [6.07, 6.45) is 13.5. The standard InChI is InChI=1S/C24H33N/c1-6-22(18-2-3-18)23(19-4-5-19)12-15(1)13-25-14-24-20-8-16-7-17(10-20)11-21(24)9-16/h1,6,12,16-21,24-25H,2-5,7-11,13-14H2. The zero-order valence-corrected chi connectivity index (χ0v) is 15.6. The Balaban J connectivity index is 1.10. The lowest BCUT2D eigenvalue weighted by molar-refractivity contribution is -0.0355. The van der Waals surface area contributed by atoms with Gasteiger partial charge < -0.3 is 5.32 Å². The fourth-order valence-corrected chi connectivity index (χ4v) is 7.00. The quantitative estimate of drug-likeness (QED) is 0.713. The summed E-state index contributed by atoms with van der Waals surface area (Å²) in [6, 6.07) is 7.46. The fourth-order valence-electron chi connectivity index (χ4n) is 7.00. The predicted octanol–water partition coefficient (Wildman–Crippen LogP) is 5.60. The normalized spacial score (nSPS) is 39.1. The third-order valence-corrected chi connectivity index (χ3v) is 8.32. The highest BCUT2D eigenvalue weighted by Crippen LogP contribution is 2.56. The fraction of sp³-hybridized carbons (Fsp3) is 0.750. The second-order valence-electron chi connectivity index (χ2n) is 10.2. The average molecular weight is 336 g/mol. The summed E-state index contributed by atoms with van der Waals surface area (Å²) in [5.74, 6) is 7.13. The van der Waals surface area contributed by atoms with Crippen molar-refractivity contribution in [3.8, 4) is 0 Å². The van der Waals surface area contributed by atoms with E-state index >= 15 is 0 Å². The minimum Gasteiger partial charge on any atom is -0.312 e. The topological polar surface area (TPSA) is 12.0 Å². The predicted molar refractivity (Wildman–Crippen MR) is 103 cm³/mol. The lowest BCUT2D eigenvalue weighted by Gasteiger charge is -2.54. The van der Waals surface area contributed by atoms with Crippen LogP contribution in [0.1, 0.15) is 86.3 Å². The summed E-state index contributed by atoms with van der Waals surface area (Å²) in [5.41, 5.74) is 4.96. The smallest absolute Gasteiger partial charge is 0.0205 e. The Morgan fingerprint density at radius 3 is 2.04 bits per heavy atom. The van der Waals surface area contributed by atoms with Crippen molar-refractivity contribution in [1.82, 2.24) is 5.32 Å². The lowest BCUT2D eigenvalue weighted by atomic mass is 9.52. The first-order chi connectivity index (χ1) is 12.3. The molecule has 6 saturated carbocycles. The van der Waals surface area contributed by atoms with Crippen LogP contribution in [0, 0.1) is 29.6 Å². The molecule has 0 unspecified atom stereocenters. The van der Waals surface area contributed by atoms with Crippen molar-refractivity contribution in [2.24, 2.45) is 29.6 Å². The molecule has 25 heavy (non-hydrogen) atoms. The Labute approximate surface area is 153 Å². The summed E-state index contributed by atoms with van der Waals surface area (Å²) in [6.45, 7) is 2.37. The Bertz CT molecular complexity index is 626. The molecular weight excluding hydrogens is 302 g/mol. The molecule has 4 bridgehead atoms. The lowest BCUT2D eigenvalue weighted by Crippen LogP contribution is -2.48. The molecule has 1 N–H and O–H groups in total. The summed E-state index contributed by atoms with van der Waals surface area (Å²) in [7, 11) is 0. The van der Waals surface area contributed by atoms with Crippen LogP contribution in [0.3, 0.4) is 0 Å². The summed E-state index contributed by atoms with van der Waals surface area (Å²) >= 11 is 0. The van der Waals surface area contributed by atoms with E-state index in [1.54, 1.807) is 43.2 Å². The Morgan fingerprint density at radius 1 is 0.760 bits per heavy atom. The van der Waals surface area contributed by atoms with Crippen LogP contribution < -0.4 is 5.32 Å². The van der Waals surface area contributed by atoms with E-state index in [1.165, 1.54) is 37.8 Å². The van der Waals surface area contributed by atoms with Gasteiger partial charge in [-0.15, -0.1) is 0 Å². The van der Waals surface area contributed by atoms with Gasteiger partial charge in [0, 0.05) is 6.54 Å². The van der Waals surface area contributed by atoms with Gasteiger partial charge in [0.15, 0.2) is 0 Å². The monoisotopic (exact) mass is 335 g/mol. The molecule has 0 spiro atoms. The number of rotatable bonds is 6. The van der Waals surface area contributed by atoms with Crippen molar-refractivity contribution in [2.45, 2.75) is 76.2 Å². The SMILES string of the molecule is c1cc(C2CC2)c(C2CC2)cc1CNCC1C2CC3CC(C2)CC1C3. The van der Waals surface area contributed by atoms with Crippen LogP contribution >= 0.6 is 0 Å². The molecule has 134 valence electrons. The second kappa shape index (κ2) is 5.84. The van der Waals surface area contributed by atoms with Gasteiger partial charge in [-0.25, -0.2) is 0 Å². The van der Waals surface area contributed by atoms with E-state index in [9.17, 15) is 0 Å². The molecule has 1 aromatic carbocycles. The van der Waals surface area contributed by atoms with E-state index in [0.717, 1.165) is 48.0 Å².